The fourth-order valence-corrected chi connectivity index (χ4v) is 2.42. The number of rotatable bonds is 7. The van der Waals surface area contributed by atoms with Crippen LogP contribution in [-0.2, 0) is 9.59 Å². The Morgan fingerprint density at radius 1 is 1.19 bits per heavy atom. The first-order valence-electron chi connectivity index (χ1n) is 7.85. The van der Waals surface area contributed by atoms with E-state index >= 15 is 0 Å². The highest BCUT2D eigenvalue weighted by Crippen LogP contribution is 2.23. The van der Waals surface area contributed by atoms with Gasteiger partial charge in [0.15, 0.2) is 0 Å². The highest BCUT2D eigenvalue weighted by atomic mass is 79.9. The van der Waals surface area contributed by atoms with Crippen molar-refractivity contribution in [3.63, 3.8) is 0 Å². The molecule has 0 aliphatic heterocycles. The molecule has 2 aromatic carbocycles. The normalized spacial score (nSPS) is 10.3. The van der Waals surface area contributed by atoms with Crippen LogP contribution >= 0.6 is 15.9 Å². The quantitative estimate of drug-likeness (QED) is 0.305. The van der Waals surface area contributed by atoms with Gasteiger partial charge in [0.1, 0.15) is 18.1 Å². The molecule has 0 aromatic heterocycles. The van der Waals surface area contributed by atoms with E-state index in [2.05, 4.69) is 38.4 Å². The molecule has 0 saturated carbocycles. The minimum Gasteiger partial charge on any atom is -0.495 e. The molecular weight excluding hydrogens is 414 g/mol. The van der Waals surface area contributed by atoms with Gasteiger partial charge in [0, 0.05) is 10.0 Å². The Morgan fingerprint density at radius 3 is 2.70 bits per heavy atom. The summed E-state index contributed by atoms with van der Waals surface area (Å²) in [4.78, 5) is 23.9. The number of benzene rings is 2. The Morgan fingerprint density at radius 2 is 1.96 bits per heavy atom. The van der Waals surface area contributed by atoms with Crippen LogP contribution in [0, 0.1) is 0 Å². The van der Waals surface area contributed by atoms with E-state index in [0.717, 1.165) is 4.47 Å². The summed E-state index contributed by atoms with van der Waals surface area (Å²) in [7, 11) is 1.47. The fraction of sp³-hybridized carbons (Fsp3) is 0.105. The Hall–Kier alpha value is -3.13. The van der Waals surface area contributed by atoms with Gasteiger partial charge in [0.05, 0.1) is 19.0 Å². The van der Waals surface area contributed by atoms with Crippen LogP contribution < -0.4 is 20.2 Å². The highest BCUT2D eigenvalue weighted by Gasteiger charge is 2.15. The first-order valence-corrected chi connectivity index (χ1v) is 8.65. The molecule has 0 spiro atoms. The molecule has 0 atom stereocenters. The SMILES string of the molecule is C=CCOc1ccc(Br)cc1/C=N/NC(=O)C(=O)Nc1ccccc1OC. The number of para-hydroxylation sites is 2. The zero-order valence-electron chi connectivity index (χ0n) is 14.6. The molecular formula is C19H18BrN3O4. The van der Waals surface area contributed by atoms with Crippen molar-refractivity contribution < 1.29 is 19.1 Å². The van der Waals surface area contributed by atoms with E-state index in [1.165, 1.54) is 13.3 Å². The Kier molecular flexibility index (Phi) is 7.57. The van der Waals surface area contributed by atoms with E-state index in [-0.39, 0.29) is 0 Å². The van der Waals surface area contributed by atoms with Gasteiger partial charge in [-0.3, -0.25) is 9.59 Å². The number of hydrazone groups is 1. The van der Waals surface area contributed by atoms with Crippen molar-refractivity contribution in [3.05, 3.63) is 65.2 Å². The minimum absolute atomic E-state index is 0.330. The van der Waals surface area contributed by atoms with E-state index < -0.39 is 11.8 Å². The standard InChI is InChI=1S/C19H18BrN3O4/c1-3-10-27-16-9-8-14(20)11-13(16)12-21-23-19(25)18(24)22-15-6-4-5-7-17(15)26-2/h3-9,11-12H,1,10H2,2H3,(H,22,24)(H,23,25)/b21-12+. The van der Waals surface area contributed by atoms with E-state index in [9.17, 15) is 9.59 Å². The van der Waals surface area contributed by atoms with Crippen molar-refractivity contribution in [3.8, 4) is 11.5 Å². The number of methoxy groups -OCH3 is 1. The topological polar surface area (TPSA) is 89.0 Å². The third kappa shape index (κ3) is 5.96. The molecule has 27 heavy (non-hydrogen) atoms. The molecule has 2 aromatic rings. The van der Waals surface area contributed by atoms with Gasteiger partial charge in [0.25, 0.3) is 0 Å². The molecule has 2 amide bonds. The molecule has 2 N–H and O–H groups in total. The fourth-order valence-electron chi connectivity index (χ4n) is 2.04. The third-order valence-electron chi connectivity index (χ3n) is 3.26. The van der Waals surface area contributed by atoms with Gasteiger partial charge in [-0.25, -0.2) is 5.43 Å². The first-order chi connectivity index (χ1) is 13.0. The van der Waals surface area contributed by atoms with Crippen LogP contribution in [0.1, 0.15) is 5.56 Å². The molecule has 140 valence electrons. The van der Waals surface area contributed by atoms with Gasteiger partial charge in [-0.2, -0.15) is 5.10 Å². The maximum atomic E-state index is 12.0. The number of anilines is 1. The molecule has 0 aliphatic carbocycles. The summed E-state index contributed by atoms with van der Waals surface area (Å²) in [6.45, 7) is 3.93. The molecule has 8 heteroatoms. The van der Waals surface area contributed by atoms with Crippen molar-refractivity contribution in [2.24, 2.45) is 5.10 Å². The lowest BCUT2D eigenvalue weighted by atomic mass is 10.2. The number of halogens is 1. The number of carbonyl (C=O) groups is 2. The van der Waals surface area contributed by atoms with Gasteiger partial charge in [-0.05, 0) is 30.3 Å². The molecule has 0 bridgehead atoms. The molecule has 0 aliphatic rings. The van der Waals surface area contributed by atoms with Crippen LogP contribution in [0.15, 0.2) is 64.7 Å². The number of nitrogens with one attached hydrogen (secondary N) is 2. The molecule has 0 radical (unpaired) electrons. The van der Waals surface area contributed by atoms with Gasteiger partial charge in [-0.15, -0.1) is 0 Å². The average molecular weight is 432 g/mol. The monoisotopic (exact) mass is 431 g/mol. The lowest BCUT2D eigenvalue weighted by Crippen LogP contribution is -2.32. The Bertz CT molecular complexity index is 868. The molecule has 7 nitrogen and oxygen atoms in total. The number of hydrogen-bond acceptors (Lipinski definition) is 5. The van der Waals surface area contributed by atoms with E-state index in [4.69, 9.17) is 9.47 Å². The lowest BCUT2D eigenvalue weighted by Gasteiger charge is -2.09. The number of nitrogens with zero attached hydrogens (tertiary/aromatic N) is 1. The van der Waals surface area contributed by atoms with Crippen molar-refractivity contribution in [2.75, 3.05) is 19.0 Å². The van der Waals surface area contributed by atoms with E-state index in [1.54, 1.807) is 42.5 Å². The van der Waals surface area contributed by atoms with Crippen LogP contribution in [0.4, 0.5) is 5.69 Å². The van der Waals surface area contributed by atoms with Gasteiger partial charge >= 0.3 is 11.8 Å². The van der Waals surface area contributed by atoms with Crippen LogP contribution in [0.3, 0.4) is 0 Å². The van der Waals surface area contributed by atoms with Crippen LogP contribution in [0.2, 0.25) is 0 Å². The number of amides is 2. The summed E-state index contributed by atoms with van der Waals surface area (Å²) in [5, 5.41) is 6.28. The largest absolute Gasteiger partial charge is 0.495 e. The van der Waals surface area contributed by atoms with Crippen molar-refractivity contribution >= 4 is 39.6 Å². The summed E-state index contributed by atoms with van der Waals surface area (Å²) < 4.78 is 11.4. The van der Waals surface area contributed by atoms with Crippen LogP contribution in [0.25, 0.3) is 0 Å². The number of hydrogen-bond donors (Lipinski definition) is 2. The summed E-state index contributed by atoms with van der Waals surface area (Å²) >= 11 is 3.36. The zero-order chi connectivity index (χ0) is 19.6. The summed E-state index contributed by atoms with van der Waals surface area (Å²) in [6.07, 6.45) is 3.00. The predicted octanol–water partition coefficient (Wildman–Crippen LogP) is 3.11. The zero-order valence-corrected chi connectivity index (χ0v) is 16.2. The summed E-state index contributed by atoms with van der Waals surface area (Å²) in [5.74, 6) is -0.774. The van der Waals surface area contributed by atoms with Gasteiger partial charge in [-0.1, -0.05) is 40.7 Å². The van der Waals surface area contributed by atoms with E-state index in [1.807, 2.05) is 6.07 Å². The van der Waals surface area contributed by atoms with Gasteiger partial charge in [0.2, 0.25) is 0 Å². The third-order valence-corrected chi connectivity index (χ3v) is 3.75. The Balaban J connectivity index is 2.01. The van der Waals surface area contributed by atoms with Crippen molar-refractivity contribution in [2.45, 2.75) is 0 Å². The van der Waals surface area contributed by atoms with Gasteiger partial charge < -0.3 is 14.8 Å². The second kappa shape index (κ2) is 10.1. The average Bonchev–Trinajstić information content (AvgIpc) is 2.67. The van der Waals surface area contributed by atoms with Crippen molar-refractivity contribution in [1.82, 2.24) is 5.43 Å². The summed E-state index contributed by atoms with van der Waals surface area (Å²) in [6, 6.07) is 12.1. The number of carbonyl (C=O) groups excluding carboxylic acids is 2. The van der Waals surface area contributed by atoms with Crippen molar-refractivity contribution in [1.29, 1.82) is 0 Å². The second-order valence-corrected chi connectivity index (χ2v) is 6.05. The van der Waals surface area contributed by atoms with Crippen LogP contribution in [0.5, 0.6) is 11.5 Å². The predicted molar refractivity (Wildman–Crippen MR) is 107 cm³/mol. The molecule has 0 heterocycles. The second-order valence-electron chi connectivity index (χ2n) is 5.14. The number of ether oxygens (including phenoxy) is 2. The summed E-state index contributed by atoms with van der Waals surface area (Å²) in [5.41, 5.74) is 3.19. The molecule has 2 rings (SSSR count). The maximum Gasteiger partial charge on any atom is 0.329 e. The first kappa shape index (κ1) is 20.2. The minimum atomic E-state index is -0.916. The molecule has 0 unspecified atom stereocenters. The molecule has 0 saturated heterocycles. The maximum absolute atomic E-state index is 12.0. The van der Waals surface area contributed by atoms with Crippen LogP contribution in [-0.4, -0.2) is 31.7 Å². The van der Waals surface area contributed by atoms with E-state index in [0.29, 0.717) is 29.4 Å². The highest BCUT2D eigenvalue weighted by molar-refractivity contribution is 9.10. The Labute approximate surface area is 165 Å². The lowest BCUT2D eigenvalue weighted by molar-refractivity contribution is -0.136. The molecule has 0 fully saturated rings. The smallest absolute Gasteiger partial charge is 0.329 e.